The van der Waals surface area contributed by atoms with Crippen LogP contribution in [0.15, 0.2) is 0 Å². The molecule has 3 amide bonds. The van der Waals surface area contributed by atoms with Crippen molar-refractivity contribution in [2.75, 3.05) is 14.1 Å². The Balaban J connectivity index is 2.87. The first kappa shape index (κ1) is 9.98. The van der Waals surface area contributed by atoms with Gasteiger partial charge in [-0.15, -0.1) is 0 Å². The van der Waals surface area contributed by atoms with Crippen LogP contribution in [0.2, 0.25) is 0 Å². The molecule has 0 aromatic carbocycles. The molecule has 1 aliphatic heterocycles. The maximum atomic E-state index is 11.4. The Kier molecular flexibility index (Phi) is 2.56. The first-order valence-corrected chi connectivity index (χ1v) is 4.23. The molecule has 0 aliphatic carbocycles. The van der Waals surface area contributed by atoms with Gasteiger partial charge in [0.05, 0.1) is 6.10 Å². The van der Waals surface area contributed by atoms with Crippen LogP contribution >= 0.6 is 0 Å². The summed E-state index contributed by atoms with van der Waals surface area (Å²) in [7, 11) is 2.94. The van der Waals surface area contributed by atoms with Gasteiger partial charge in [0, 0.05) is 14.1 Å². The van der Waals surface area contributed by atoms with E-state index >= 15 is 0 Å². The molecule has 1 rings (SSSR count). The maximum absolute atomic E-state index is 11.4. The predicted octanol–water partition coefficient (Wildman–Crippen LogP) is -0.350. The van der Waals surface area contributed by atoms with Gasteiger partial charge in [-0.3, -0.25) is 9.69 Å². The lowest BCUT2D eigenvalue weighted by atomic mass is 10.1. The molecule has 1 saturated heterocycles. The first-order chi connectivity index (χ1) is 6.00. The van der Waals surface area contributed by atoms with Crippen LogP contribution in [0.4, 0.5) is 4.79 Å². The molecule has 2 atom stereocenters. The summed E-state index contributed by atoms with van der Waals surface area (Å²) in [5, 5.41) is 9.49. The van der Waals surface area contributed by atoms with E-state index in [-0.39, 0.29) is 11.9 Å². The monoisotopic (exact) mass is 186 g/mol. The molecule has 1 heterocycles. The third kappa shape index (κ3) is 1.39. The van der Waals surface area contributed by atoms with E-state index in [2.05, 4.69) is 0 Å². The summed E-state index contributed by atoms with van der Waals surface area (Å²) >= 11 is 0. The third-order valence-corrected chi connectivity index (χ3v) is 2.37. The zero-order chi connectivity index (χ0) is 10.2. The van der Waals surface area contributed by atoms with Crippen molar-refractivity contribution in [1.29, 1.82) is 0 Å². The third-order valence-electron chi connectivity index (χ3n) is 2.37. The minimum atomic E-state index is -0.772. The number of aliphatic hydroxyl groups is 1. The minimum absolute atomic E-state index is 0.332. The molecule has 0 aromatic rings. The van der Waals surface area contributed by atoms with E-state index in [4.69, 9.17) is 0 Å². The van der Waals surface area contributed by atoms with Gasteiger partial charge in [-0.1, -0.05) is 6.92 Å². The van der Waals surface area contributed by atoms with E-state index in [9.17, 15) is 14.7 Å². The van der Waals surface area contributed by atoms with Crippen molar-refractivity contribution in [2.24, 2.45) is 0 Å². The number of nitrogens with zero attached hydrogens (tertiary/aromatic N) is 2. The average Bonchev–Trinajstić information content (AvgIpc) is 2.30. The van der Waals surface area contributed by atoms with Crippen molar-refractivity contribution in [3.8, 4) is 0 Å². The smallest absolute Gasteiger partial charge is 0.327 e. The van der Waals surface area contributed by atoms with Crippen LogP contribution < -0.4 is 0 Å². The van der Waals surface area contributed by atoms with Crippen molar-refractivity contribution in [1.82, 2.24) is 9.80 Å². The second-order valence-corrected chi connectivity index (χ2v) is 3.21. The van der Waals surface area contributed by atoms with Crippen LogP contribution in [0.1, 0.15) is 13.3 Å². The van der Waals surface area contributed by atoms with Gasteiger partial charge < -0.3 is 10.0 Å². The number of imide groups is 1. The first-order valence-electron chi connectivity index (χ1n) is 4.23. The number of urea groups is 1. The van der Waals surface area contributed by atoms with E-state index in [0.717, 1.165) is 4.90 Å². The molecule has 5 nitrogen and oxygen atoms in total. The Hall–Kier alpha value is -1.10. The van der Waals surface area contributed by atoms with Gasteiger partial charge >= 0.3 is 6.03 Å². The number of aliphatic hydroxyl groups excluding tert-OH is 1. The second kappa shape index (κ2) is 3.33. The molecule has 0 saturated carbocycles. The molecule has 0 aromatic heterocycles. The number of rotatable bonds is 2. The minimum Gasteiger partial charge on any atom is -0.390 e. The lowest BCUT2D eigenvalue weighted by Crippen LogP contribution is -2.41. The van der Waals surface area contributed by atoms with Crippen LogP contribution in [-0.2, 0) is 4.79 Å². The summed E-state index contributed by atoms with van der Waals surface area (Å²) in [5.41, 5.74) is 0. The Morgan fingerprint density at radius 2 is 2.00 bits per heavy atom. The highest BCUT2D eigenvalue weighted by atomic mass is 16.3. The Morgan fingerprint density at radius 1 is 1.46 bits per heavy atom. The second-order valence-electron chi connectivity index (χ2n) is 3.21. The summed E-state index contributed by atoms with van der Waals surface area (Å²) in [5.74, 6) is -0.332. The average molecular weight is 186 g/mol. The van der Waals surface area contributed by atoms with Crippen molar-refractivity contribution >= 4 is 11.9 Å². The van der Waals surface area contributed by atoms with Gasteiger partial charge in [-0.05, 0) is 6.42 Å². The molecule has 1 aliphatic rings. The van der Waals surface area contributed by atoms with Gasteiger partial charge in [0.15, 0.2) is 0 Å². The highest BCUT2D eigenvalue weighted by molar-refractivity contribution is 6.04. The molecule has 0 bridgehead atoms. The van der Waals surface area contributed by atoms with E-state index in [1.54, 1.807) is 6.92 Å². The van der Waals surface area contributed by atoms with Crippen LogP contribution in [0.5, 0.6) is 0 Å². The molecule has 74 valence electrons. The quantitative estimate of drug-likeness (QED) is 0.599. The highest BCUT2D eigenvalue weighted by Crippen LogP contribution is 2.18. The standard InChI is InChI=1S/C8H14N2O3/c1-4-5(11)6-7(12)10(3)8(13)9(6)2/h5-6,11H,4H2,1-3H3. The fourth-order valence-electron chi connectivity index (χ4n) is 1.46. The van der Waals surface area contributed by atoms with Gasteiger partial charge in [0.2, 0.25) is 0 Å². The lowest BCUT2D eigenvalue weighted by molar-refractivity contribution is -0.130. The van der Waals surface area contributed by atoms with Crippen LogP contribution in [-0.4, -0.2) is 53.1 Å². The number of carbonyl (C=O) groups excluding carboxylic acids is 2. The molecule has 5 heteroatoms. The summed E-state index contributed by atoms with van der Waals surface area (Å²) in [6.45, 7) is 1.77. The summed E-state index contributed by atoms with van der Waals surface area (Å²) in [4.78, 5) is 25.0. The lowest BCUT2D eigenvalue weighted by Gasteiger charge is -2.20. The van der Waals surface area contributed by atoms with Gasteiger partial charge in [0.1, 0.15) is 6.04 Å². The zero-order valence-electron chi connectivity index (χ0n) is 8.02. The molecule has 1 fully saturated rings. The molecule has 1 N–H and O–H groups in total. The Morgan fingerprint density at radius 3 is 2.31 bits per heavy atom. The topological polar surface area (TPSA) is 60.9 Å². The molecular weight excluding hydrogens is 172 g/mol. The van der Waals surface area contributed by atoms with Crippen molar-refractivity contribution in [2.45, 2.75) is 25.5 Å². The summed E-state index contributed by atoms with van der Waals surface area (Å²) < 4.78 is 0. The van der Waals surface area contributed by atoms with Gasteiger partial charge in [-0.25, -0.2) is 4.79 Å². The predicted molar refractivity (Wildman–Crippen MR) is 46.0 cm³/mol. The van der Waals surface area contributed by atoms with Crippen molar-refractivity contribution < 1.29 is 14.7 Å². The van der Waals surface area contributed by atoms with E-state index < -0.39 is 12.1 Å². The maximum Gasteiger partial charge on any atom is 0.327 e. The van der Waals surface area contributed by atoms with Crippen LogP contribution in [0.3, 0.4) is 0 Å². The molecular formula is C8H14N2O3. The SMILES string of the molecule is CCC(O)C1C(=O)N(C)C(=O)N1C. The van der Waals surface area contributed by atoms with E-state index in [0.29, 0.717) is 6.42 Å². The number of carbonyl (C=O) groups is 2. The van der Waals surface area contributed by atoms with Gasteiger partial charge in [-0.2, -0.15) is 0 Å². The summed E-state index contributed by atoms with van der Waals surface area (Å²) in [6, 6.07) is -1.06. The highest BCUT2D eigenvalue weighted by Gasteiger charge is 2.44. The van der Waals surface area contributed by atoms with E-state index in [1.807, 2.05) is 0 Å². The summed E-state index contributed by atoms with van der Waals surface area (Å²) in [6.07, 6.45) is -0.312. The van der Waals surface area contributed by atoms with Crippen LogP contribution in [0, 0.1) is 0 Å². The Bertz CT molecular complexity index is 242. The number of likely N-dealkylation sites (N-methyl/N-ethyl adjacent to an activating group) is 2. The van der Waals surface area contributed by atoms with Gasteiger partial charge in [0.25, 0.3) is 5.91 Å². The molecule has 0 spiro atoms. The largest absolute Gasteiger partial charge is 0.390 e. The Labute approximate surface area is 76.9 Å². The molecule has 2 unspecified atom stereocenters. The van der Waals surface area contributed by atoms with Crippen LogP contribution in [0.25, 0.3) is 0 Å². The van der Waals surface area contributed by atoms with E-state index in [1.165, 1.54) is 19.0 Å². The normalized spacial score (nSPS) is 25.7. The number of amides is 3. The van der Waals surface area contributed by atoms with Crippen molar-refractivity contribution in [3.05, 3.63) is 0 Å². The zero-order valence-corrected chi connectivity index (χ0v) is 8.02. The number of hydrogen-bond acceptors (Lipinski definition) is 3. The number of hydrogen-bond donors (Lipinski definition) is 1. The molecule has 13 heavy (non-hydrogen) atoms. The fraction of sp³-hybridized carbons (Fsp3) is 0.750. The fourth-order valence-corrected chi connectivity index (χ4v) is 1.46. The van der Waals surface area contributed by atoms with Crippen molar-refractivity contribution in [3.63, 3.8) is 0 Å². The molecule has 0 radical (unpaired) electrons.